The van der Waals surface area contributed by atoms with Crippen LogP contribution in [0.5, 0.6) is 0 Å². The highest BCUT2D eigenvalue weighted by Gasteiger charge is 2.16. The maximum atomic E-state index is 11.5. The molecule has 1 rings (SSSR count). The Hall–Kier alpha value is -2.15. The molecular formula is C10H12N2O5. The van der Waals surface area contributed by atoms with Gasteiger partial charge in [0.05, 0.1) is 6.54 Å². The number of carboxylic acids is 1. The van der Waals surface area contributed by atoms with Crippen LogP contribution in [0.3, 0.4) is 0 Å². The molecule has 1 aromatic rings. The van der Waals surface area contributed by atoms with Gasteiger partial charge in [-0.05, 0) is 6.92 Å². The lowest BCUT2D eigenvalue weighted by Gasteiger charge is -2.07. The van der Waals surface area contributed by atoms with E-state index in [0.717, 1.165) is 0 Å². The number of H-pyrrole nitrogens is 1. The van der Waals surface area contributed by atoms with Crippen molar-refractivity contribution in [2.24, 2.45) is 0 Å². The summed E-state index contributed by atoms with van der Waals surface area (Å²) < 4.78 is 0. The van der Waals surface area contributed by atoms with Gasteiger partial charge >= 0.3 is 5.97 Å². The Balaban J connectivity index is 2.71. The molecule has 0 saturated heterocycles. The molecule has 0 aliphatic carbocycles. The molecule has 0 aromatic carbocycles. The molecule has 0 aliphatic heterocycles. The van der Waals surface area contributed by atoms with Crippen molar-refractivity contribution >= 4 is 11.9 Å². The van der Waals surface area contributed by atoms with E-state index in [1.165, 1.54) is 12.3 Å². The second-order valence-corrected chi connectivity index (χ2v) is 3.46. The standard InChI is InChI=1S/C10H12N2O5/c1-5-2-7(13)6(3-11-5)9(15)12-4-8(14)10(16)17/h2-3,8,14H,4H2,1H3,(H,11,13)(H,12,15)(H,16,17). The van der Waals surface area contributed by atoms with E-state index in [1.807, 2.05) is 0 Å². The fraction of sp³-hybridized carbons (Fsp3) is 0.300. The molecule has 1 atom stereocenters. The zero-order chi connectivity index (χ0) is 13.0. The number of hydrogen-bond acceptors (Lipinski definition) is 4. The van der Waals surface area contributed by atoms with Crippen LogP contribution in [0.2, 0.25) is 0 Å². The molecule has 92 valence electrons. The van der Waals surface area contributed by atoms with Gasteiger partial charge in [-0.15, -0.1) is 0 Å². The molecule has 7 heteroatoms. The number of aromatic nitrogens is 1. The highest BCUT2D eigenvalue weighted by atomic mass is 16.4. The largest absolute Gasteiger partial charge is 0.479 e. The van der Waals surface area contributed by atoms with Crippen LogP contribution in [0.25, 0.3) is 0 Å². The maximum absolute atomic E-state index is 11.5. The van der Waals surface area contributed by atoms with Crippen molar-refractivity contribution in [2.75, 3.05) is 6.54 Å². The van der Waals surface area contributed by atoms with Crippen molar-refractivity contribution < 1.29 is 19.8 Å². The quantitative estimate of drug-likeness (QED) is 0.530. The van der Waals surface area contributed by atoms with Crippen molar-refractivity contribution in [1.29, 1.82) is 0 Å². The number of nitrogens with one attached hydrogen (secondary N) is 2. The minimum Gasteiger partial charge on any atom is -0.479 e. The summed E-state index contributed by atoms with van der Waals surface area (Å²) in [6.07, 6.45) is -0.455. The summed E-state index contributed by atoms with van der Waals surface area (Å²) in [7, 11) is 0. The first-order chi connectivity index (χ1) is 7.91. The number of aliphatic hydroxyl groups excluding tert-OH is 1. The number of rotatable bonds is 4. The summed E-state index contributed by atoms with van der Waals surface area (Å²) >= 11 is 0. The molecule has 0 radical (unpaired) electrons. The van der Waals surface area contributed by atoms with E-state index in [4.69, 9.17) is 10.2 Å². The predicted molar refractivity (Wildman–Crippen MR) is 57.8 cm³/mol. The van der Waals surface area contributed by atoms with Crippen molar-refractivity contribution in [2.45, 2.75) is 13.0 Å². The Morgan fingerprint density at radius 2 is 2.18 bits per heavy atom. The lowest BCUT2D eigenvalue weighted by atomic mass is 10.2. The predicted octanol–water partition coefficient (Wildman–Crippen LogP) is -1.14. The van der Waals surface area contributed by atoms with E-state index in [1.54, 1.807) is 6.92 Å². The number of aryl methyl sites for hydroxylation is 1. The number of aromatic amines is 1. The fourth-order valence-electron chi connectivity index (χ4n) is 1.12. The summed E-state index contributed by atoms with van der Waals surface area (Å²) in [5, 5.41) is 19.5. The Morgan fingerprint density at radius 1 is 1.53 bits per heavy atom. The van der Waals surface area contributed by atoms with Crippen LogP contribution in [0.4, 0.5) is 0 Å². The zero-order valence-electron chi connectivity index (χ0n) is 9.06. The van der Waals surface area contributed by atoms with Crippen molar-refractivity contribution in [3.63, 3.8) is 0 Å². The number of carbonyl (C=O) groups is 2. The third-order valence-electron chi connectivity index (χ3n) is 2.04. The van der Waals surface area contributed by atoms with Gasteiger partial charge in [-0.1, -0.05) is 0 Å². The van der Waals surface area contributed by atoms with E-state index in [2.05, 4.69) is 10.3 Å². The van der Waals surface area contributed by atoms with Crippen molar-refractivity contribution in [1.82, 2.24) is 10.3 Å². The third-order valence-corrected chi connectivity index (χ3v) is 2.04. The van der Waals surface area contributed by atoms with Crippen LogP contribution in [0.15, 0.2) is 17.1 Å². The molecule has 0 fully saturated rings. The van der Waals surface area contributed by atoms with E-state index < -0.39 is 30.0 Å². The lowest BCUT2D eigenvalue weighted by molar-refractivity contribution is -0.146. The topological polar surface area (TPSA) is 119 Å². The molecule has 1 aromatic heterocycles. The van der Waals surface area contributed by atoms with Crippen LogP contribution in [0.1, 0.15) is 16.1 Å². The van der Waals surface area contributed by atoms with E-state index in [9.17, 15) is 14.4 Å². The summed E-state index contributed by atoms with van der Waals surface area (Å²) in [5.74, 6) is -2.17. The molecule has 0 bridgehead atoms. The number of aliphatic hydroxyl groups is 1. The van der Waals surface area contributed by atoms with Crippen LogP contribution < -0.4 is 10.7 Å². The van der Waals surface area contributed by atoms with Gasteiger partial charge in [0.25, 0.3) is 5.91 Å². The highest BCUT2D eigenvalue weighted by molar-refractivity contribution is 5.94. The Bertz CT molecular complexity index is 494. The Morgan fingerprint density at radius 3 is 2.71 bits per heavy atom. The minimum absolute atomic E-state index is 0.131. The number of aliphatic carboxylic acids is 1. The molecule has 4 N–H and O–H groups in total. The monoisotopic (exact) mass is 240 g/mol. The smallest absolute Gasteiger partial charge is 0.334 e. The Labute approximate surface area is 96.1 Å². The third kappa shape index (κ3) is 3.42. The average Bonchev–Trinajstić information content (AvgIpc) is 2.25. The van der Waals surface area contributed by atoms with Crippen molar-refractivity contribution in [3.05, 3.63) is 33.7 Å². The summed E-state index contributed by atoms with van der Waals surface area (Å²) in [4.78, 5) is 35.9. The molecule has 7 nitrogen and oxygen atoms in total. The normalized spacial score (nSPS) is 11.9. The minimum atomic E-state index is -1.69. The molecule has 1 heterocycles. The Kier molecular flexibility index (Phi) is 4.00. The molecule has 0 spiro atoms. The van der Waals surface area contributed by atoms with Gasteiger partial charge < -0.3 is 20.5 Å². The molecule has 17 heavy (non-hydrogen) atoms. The van der Waals surface area contributed by atoms with E-state index in [-0.39, 0.29) is 5.56 Å². The second kappa shape index (κ2) is 5.26. The molecule has 0 aliphatic rings. The lowest BCUT2D eigenvalue weighted by Crippen LogP contribution is -2.38. The summed E-state index contributed by atoms with van der Waals surface area (Å²) in [6.45, 7) is 1.21. The van der Waals surface area contributed by atoms with Gasteiger partial charge in [-0.25, -0.2) is 4.79 Å². The number of amides is 1. The first-order valence-electron chi connectivity index (χ1n) is 4.80. The SMILES string of the molecule is Cc1cc(=O)c(C(=O)NCC(O)C(=O)O)c[nH]1. The van der Waals surface area contributed by atoms with Gasteiger partial charge in [0, 0.05) is 18.0 Å². The first-order valence-corrected chi connectivity index (χ1v) is 4.80. The zero-order valence-corrected chi connectivity index (χ0v) is 9.06. The van der Waals surface area contributed by atoms with Gasteiger partial charge in [0.2, 0.25) is 0 Å². The molecule has 0 saturated carbocycles. The van der Waals surface area contributed by atoms with Crippen LogP contribution in [0, 0.1) is 6.92 Å². The number of pyridine rings is 1. The van der Waals surface area contributed by atoms with Gasteiger partial charge in [-0.2, -0.15) is 0 Å². The van der Waals surface area contributed by atoms with E-state index in [0.29, 0.717) is 5.69 Å². The molecular weight excluding hydrogens is 228 g/mol. The first kappa shape index (κ1) is 12.9. The number of hydrogen-bond donors (Lipinski definition) is 4. The average molecular weight is 240 g/mol. The van der Waals surface area contributed by atoms with Crippen LogP contribution in [-0.4, -0.2) is 39.7 Å². The fourth-order valence-corrected chi connectivity index (χ4v) is 1.12. The second-order valence-electron chi connectivity index (χ2n) is 3.46. The summed E-state index contributed by atoms with van der Waals surface area (Å²) in [6, 6.07) is 1.25. The maximum Gasteiger partial charge on any atom is 0.334 e. The molecule has 1 unspecified atom stereocenters. The highest BCUT2D eigenvalue weighted by Crippen LogP contribution is 1.92. The van der Waals surface area contributed by atoms with Gasteiger partial charge in [-0.3, -0.25) is 9.59 Å². The number of carbonyl (C=O) groups excluding carboxylic acids is 1. The van der Waals surface area contributed by atoms with Crippen LogP contribution >= 0.6 is 0 Å². The number of carboxylic acid groups (broad SMARTS) is 1. The van der Waals surface area contributed by atoms with E-state index >= 15 is 0 Å². The van der Waals surface area contributed by atoms with Crippen molar-refractivity contribution in [3.8, 4) is 0 Å². The van der Waals surface area contributed by atoms with Gasteiger partial charge in [0.15, 0.2) is 11.5 Å². The van der Waals surface area contributed by atoms with Crippen LogP contribution in [-0.2, 0) is 4.79 Å². The summed E-state index contributed by atoms with van der Waals surface area (Å²) in [5.41, 5.74) is 0.00822. The molecule has 1 amide bonds. The van der Waals surface area contributed by atoms with Gasteiger partial charge in [0.1, 0.15) is 5.56 Å².